The first-order chi connectivity index (χ1) is 8.60. The van der Waals surface area contributed by atoms with Crippen LogP contribution in [0.2, 0.25) is 0 Å². The highest BCUT2D eigenvalue weighted by atomic mass is 16.5. The van der Waals surface area contributed by atoms with Gasteiger partial charge in [-0.2, -0.15) is 0 Å². The zero-order valence-electron chi connectivity index (χ0n) is 11.1. The van der Waals surface area contributed by atoms with Crippen LogP contribution >= 0.6 is 0 Å². The highest BCUT2D eigenvalue weighted by Gasteiger charge is 2.07. The summed E-state index contributed by atoms with van der Waals surface area (Å²) in [5, 5.41) is 4.44. The molecule has 0 spiro atoms. The molecular weight excluding hydrogens is 226 g/mol. The monoisotopic (exact) mass is 245 g/mol. The van der Waals surface area contributed by atoms with Crippen molar-refractivity contribution in [2.75, 3.05) is 13.2 Å². The number of aromatic nitrogens is 2. The normalized spacial score (nSPS) is 10.7. The second-order valence-electron chi connectivity index (χ2n) is 4.52. The molecule has 0 bridgehead atoms. The molecule has 0 aliphatic carbocycles. The van der Waals surface area contributed by atoms with E-state index in [1.807, 2.05) is 17.7 Å². The lowest BCUT2D eigenvalue weighted by Gasteiger charge is -2.06. The molecule has 96 valence electrons. The van der Waals surface area contributed by atoms with E-state index in [9.17, 15) is 0 Å². The highest BCUT2D eigenvalue weighted by Crippen LogP contribution is 2.18. The van der Waals surface area contributed by atoms with E-state index in [4.69, 9.17) is 10.5 Å². The Morgan fingerprint density at radius 3 is 2.39 bits per heavy atom. The van der Waals surface area contributed by atoms with E-state index in [0.717, 1.165) is 11.4 Å². The Bertz CT molecular complexity index is 526. The van der Waals surface area contributed by atoms with Gasteiger partial charge in [0.15, 0.2) is 0 Å². The fourth-order valence-corrected chi connectivity index (χ4v) is 2.01. The Labute approximate surface area is 107 Å². The zero-order valence-corrected chi connectivity index (χ0v) is 11.1. The van der Waals surface area contributed by atoms with Gasteiger partial charge in [0.1, 0.15) is 6.61 Å². The molecule has 0 fully saturated rings. The average molecular weight is 245 g/mol. The third-order valence-electron chi connectivity index (χ3n) is 2.68. The van der Waals surface area contributed by atoms with Crippen molar-refractivity contribution in [1.82, 2.24) is 9.78 Å². The van der Waals surface area contributed by atoms with Crippen molar-refractivity contribution in [2.24, 2.45) is 5.73 Å². The zero-order chi connectivity index (χ0) is 13.1. The second-order valence-corrected chi connectivity index (χ2v) is 4.52. The summed E-state index contributed by atoms with van der Waals surface area (Å²) in [6.45, 7) is 7.17. The molecule has 2 N–H and O–H groups in total. The quantitative estimate of drug-likeness (QED) is 0.897. The standard InChI is InChI=1S/C14H19N3O/c1-10-6-11(2)8-13(7-10)17-12(3)9-14(16-17)18-5-4-15/h6-9H,4-5,15H2,1-3H3. The van der Waals surface area contributed by atoms with Gasteiger partial charge >= 0.3 is 0 Å². The fourth-order valence-electron chi connectivity index (χ4n) is 2.01. The molecule has 1 aromatic heterocycles. The van der Waals surface area contributed by atoms with E-state index in [0.29, 0.717) is 19.0 Å². The van der Waals surface area contributed by atoms with Crippen LogP contribution < -0.4 is 10.5 Å². The predicted octanol–water partition coefficient (Wildman–Crippen LogP) is 2.14. The first kappa shape index (κ1) is 12.6. The molecule has 1 heterocycles. The largest absolute Gasteiger partial charge is 0.475 e. The molecule has 2 rings (SSSR count). The lowest BCUT2D eigenvalue weighted by atomic mass is 10.1. The Kier molecular flexibility index (Phi) is 3.67. The molecule has 2 aromatic rings. The van der Waals surface area contributed by atoms with Crippen molar-refractivity contribution >= 4 is 0 Å². The lowest BCUT2D eigenvalue weighted by molar-refractivity contribution is 0.313. The smallest absolute Gasteiger partial charge is 0.233 e. The van der Waals surface area contributed by atoms with Crippen LogP contribution in [0.3, 0.4) is 0 Å². The van der Waals surface area contributed by atoms with Gasteiger partial charge in [0, 0.05) is 18.3 Å². The number of aryl methyl sites for hydroxylation is 3. The van der Waals surface area contributed by atoms with Crippen LogP contribution in [0.1, 0.15) is 16.8 Å². The Balaban J connectivity index is 2.34. The summed E-state index contributed by atoms with van der Waals surface area (Å²) in [5.41, 5.74) is 9.98. The van der Waals surface area contributed by atoms with Crippen molar-refractivity contribution < 1.29 is 4.74 Å². The van der Waals surface area contributed by atoms with E-state index >= 15 is 0 Å². The number of nitrogens with two attached hydrogens (primary N) is 1. The number of nitrogens with zero attached hydrogens (tertiary/aromatic N) is 2. The van der Waals surface area contributed by atoms with Gasteiger partial charge in [0.2, 0.25) is 5.88 Å². The van der Waals surface area contributed by atoms with Gasteiger partial charge in [-0.15, -0.1) is 5.10 Å². The minimum atomic E-state index is 0.489. The third-order valence-corrected chi connectivity index (χ3v) is 2.68. The second kappa shape index (κ2) is 5.23. The number of rotatable bonds is 4. The van der Waals surface area contributed by atoms with Crippen LogP contribution in [-0.2, 0) is 0 Å². The summed E-state index contributed by atoms with van der Waals surface area (Å²) in [6, 6.07) is 8.29. The van der Waals surface area contributed by atoms with Gasteiger partial charge in [-0.05, 0) is 44.0 Å². The van der Waals surface area contributed by atoms with Gasteiger partial charge < -0.3 is 10.5 Å². The summed E-state index contributed by atoms with van der Waals surface area (Å²) in [6.07, 6.45) is 0. The summed E-state index contributed by atoms with van der Waals surface area (Å²) in [5.74, 6) is 0.622. The van der Waals surface area contributed by atoms with E-state index in [2.05, 4.69) is 37.1 Å². The van der Waals surface area contributed by atoms with Gasteiger partial charge in [-0.3, -0.25) is 0 Å². The van der Waals surface area contributed by atoms with E-state index in [1.54, 1.807) is 0 Å². The first-order valence-electron chi connectivity index (χ1n) is 6.08. The molecule has 0 saturated heterocycles. The molecule has 0 aliphatic rings. The van der Waals surface area contributed by atoms with Crippen LogP contribution in [0.25, 0.3) is 5.69 Å². The van der Waals surface area contributed by atoms with E-state index in [1.165, 1.54) is 11.1 Å². The third kappa shape index (κ3) is 2.71. The number of ether oxygens (including phenoxy) is 1. The molecule has 1 aromatic carbocycles. The van der Waals surface area contributed by atoms with Crippen LogP contribution in [0.4, 0.5) is 0 Å². The van der Waals surface area contributed by atoms with Gasteiger partial charge in [-0.1, -0.05) is 6.07 Å². The van der Waals surface area contributed by atoms with Crippen LogP contribution in [0.5, 0.6) is 5.88 Å². The fraction of sp³-hybridized carbons (Fsp3) is 0.357. The van der Waals surface area contributed by atoms with Crippen LogP contribution in [0.15, 0.2) is 24.3 Å². The molecular formula is C14H19N3O. The molecule has 4 nitrogen and oxygen atoms in total. The summed E-state index contributed by atoms with van der Waals surface area (Å²) in [4.78, 5) is 0. The van der Waals surface area contributed by atoms with Crippen molar-refractivity contribution in [1.29, 1.82) is 0 Å². The minimum Gasteiger partial charge on any atom is -0.475 e. The van der Waals surface area contributed by atoms with Crippen LogP contribution in [0, 0.1) is 20.8 Å². The van der Waals surface area contributed by atoms with Crippen molar-refractivity contribution in [2.45, 2.75) is 20.8 Å². The summed E-state index contributed by atoms with van der Waals surface area (Å²) < 4.78 is 7.34. The maximum absolute atomic E-state index is 5.44. The Hall–Kier alpha value is -1.81. The Morgan fingerprint density at radius 1 is 1.11 bits per heavy atom. The topological polar surface area (TPSA) is 53.1 Å². The molecule has 0 radical (unpaired) electrons. The van der Waals surface area contributed by atoms with Gasteiger partial charge in [-0.25, -0.2) is 4.68 Å². The average Bonchev–Trinajstić information content (AvgIpc) is 2.66. The SMILES string of the molecule is Cc1cc(C)cc(-n2nc(OCCN)cc2C)c1. The first-order valence-corrected chi connectivity index (χ1v) is 6.08. The van der Waals surface area contributed by atoms with Crippen molar-refractivity contribution in [3.8, 4) is 11.6 Å². The molecule has 4 heteroatoms. The van der Waals surface area contributed by atoms with Gasteiger partial charge in [0.25, 0.3) is 0 Å². The predicted molar refractivity (Wildman–Crippen MR) is 72.3 cm³/mol. The molecule has 0 amide bonds. The number of hydrogen-bond donors (Lipinski definition) is 1. The van der Waals surface area contributed by atoms with Crippen LogP contribution in [-0.4, -0.2) is 22.9 Å². The molecule has 0 unspecified atom stereocenters. The molecule has 0 aliphatic heterocycles. The van der Waals surface area contributed by atoms with E-state index in [-0.39, 0.29) is 0 Å². The summed E-state index contributed by atoms with van der Waals surface area (Å²) >= 11 is 0. The van der Waals surface area contributed by atoms with E-state index < -0.39 is 0 Å². The minimum absolute atomic E-state index is 0.489. The summed E-state index contributed by atoms with van der Waals surface area (Å²) in [7, 11) is 0. The maximum Gasteiger partial charge on any atom is 0.233 e. The number of benzene rings is 1. The lowest BCUT2D eigenvalue weighted by Crippen LogP contribution is -2.11. The van der Waals surface area contributed by atoms with Crippen molar-refractivity contribution in [3.63, 3.8) is 0 Å². The Morgan fingerprint density at radius 2 is 1.78 bits per heavy atom. The molecule has 0 saturated carbocycles. The molecule has 0 atom stereocenters. The number of hydrogen-bond acceptors (Lipinski definition) is 3. The van der Waals surface area contributed by atoms with Gasteiger partial charge in [0.05, 0.1) is 5.69 Å². The maximum atomic E-state index is 5.44. The highest BCUT2D eigenvalue weighted by molar-refractivity contribution is 5.40. The van der Waals surface area contributed by atoms with Crippen molar-refractivity contribution in [3.05, 3.63) is 41.1 Å². The molecule has 18 heavy (non-hydrogen) atoms.